The van der Waals surface area contributed by atoms with Gasteiger partial charge in [0.2, 0.25) is 0 Å². The fraction of sp³-hybridized carbons (Fsp3) is 0.143. The molecular weight excluding hydrogens is 308 g/mol. The highest BCUT2D eigenvalue weighted by Gasteiger charge is 1.83. The van der Waals surface area contributed by atoms with Crippen molar-refractivity contribution in [1.82, 2.24) is 9.97 Å². The van der Waals surface area contributed by atoms with Crippen molar-refractivity contribution in [3.63, 3.8) is 0 Å². The maximum atomic E-state index is 4.17. The maximum absolute atomic E-state index is 4.17. The van der Waals surface area contributed by atoms with Crippen LogP contribution in [0.15, 0.2) is 70.9 Å². The second kappa shape index (κ2) is 13.0. The van der Waals surface area contributed by atoms with Gasteiger partial charge in [-0.3, -0.25) is 20.0 Å². The van der Waals surface area contributed by atoms with Gasteiger partial charge in [0.05, 0.1) is 11.4 Å². The van der Waals surface area contributed by atoms with E-state index in [1.54, 1.807) is 37.0 Å². The summed E-state index contributed by atoms with van der Waals surface area (Å²) in [6, 6.07) is 11.4. The molecule has 25 heavy (non-hydrogen) atoms. The van der Waals surface area contributed by atoms with Crippen LogP contribution >= 0.6 is 0 Å². The molecule has 0 aliphatic rings. The molecule has 0 aliphatic carbocycles. The van der Waals surface area contributed by atoms with Crippen LogP contribution in [0.1, 0.15) is 18.8 Å². The topological polar surface area (TPSA) is 50.5 Å². The highest BCUT2D eigenvalue weighted by Crippen LogP contribution is 1.88. The van der Waals surface area contributed by atoms with E-state index in [9.17, 15) is 0 Å². The average Bonchev–Trinajstić information content (AvgIpc) is 2.64. The number of allylic oxidation sites excluding steroid dienone is 2. The number of pyridine rings is 2. The monoisotopic (exact) mass is 328 g/mol. The van der Waals surface area contributed by atoms with E-state index in [-0.39, 0.29) is 7.43 Å². The minimum Gasteiger partial charge on any atom is -0.278 e. The van der Waals surface area contributed by atoms with Gasteiger partial charge in [-0.15, -0.1) is 0 Å². The molecule has 0 saturated heterocycles. The van der Waals surface area contributed by atoms with Crippen molar-refractivity contribution in [2.24, 2.45) is 9.98 Å². The summed E-state index contributed by atoms with van der Waals surface area (Å²) in [6.07, 6.45) is 10.3. The quantitative estimate of drug-likeness (QED) is 0.639. The molecular formula is C21H20N4. The number of hydrogen-bond acceptors (Lipinski definition) is 4. The van der Waals surface area contributed by atoms with Gasteiger partial charge < -0.3 is 0 Å². The first-order chi connectivity index (χ1) is 11.9. The van der Waals surface area contributed by atoms with E-state index in [1.807, 2.05) is 36.4 Å². The zero-order valence-corrected chi connectivity index (χ0v) is 13.1. The van der Waals surface area contributed by atoms with Crippen LogP contribution in [0.4, 0.5) is 0 Å². The molecule has 0 unspecified atom stereocenters. The van der Waals surface area contributed by atoms with Crippen LogP contribution in [-0.4, -0.2) is 35.5 Å². The lowest BCUT2D eigenvalue weighted by Gasteiger charge is -1.87. The van der Waals surface area contributed by atoms with E-state index in [2.05, 4.69) is 43.6 Å². The van der Waals surface area contributed by atoms with E-state index in [0.717, 1.165) is 11.4 Å². The molecule has 2 rings (SSSR count). The first-order valence-corrected chi connectivity index (χ1v) is 7.38. The van der Waals surface area contributed by atoms with Gasteiger partial charge in [0.1, 0.15) is 13.1 Å². The van der Waals surface area contributed by atoms with Crippen molar-refractivity contribution < 1.29 is 0 Å². The van der Waals surface area contributed by atoms with Gasteiger partial charge in [0.25, 0.3) is 0 Å². The first-order valence-electron chi connectivity index (χ1n) is 7.38. The zero-order chi connectivity index (χ0) is 16.7. The summed E-state index contributed by atoms with van der Waals surface area (Å²) >= 11 is 0. The predicted molar refractivity (Wildman–Crippen MR) is 105 cm³/mol. The molecule has 2 aromatic rings. The number of nitrogens with zero attached hydrogens (tertiary/aromatic N) is 4. The molecule has 0 aliphatic heterocycles. The van der Waals surface area contributed by atoms with Gasteiger partial charge in [-0.05, 0) is 36.4 Å². The smallest absolute Gasteiger partial charge is 0.100 e. The second-order valence-corrected chi connectivity index (χ2v) is 4.42. The van der Waals surface area contributed by atoms with Crippen molar-refractivity contribution in [1.29, 1.82) is 0 Å². The average molecular weight is 328 g/mol. The summed E-state index contributed by atoms with van der Waals surface area (Å²) in [4.78, 5) is 16.6. The minimum absolute atomic E-state index is 0. The number of aromatic nitrogens is 2. The fourth-order valence-electron chi connectivity index (χ4n) is 1.57. The van der Waals surface area contributed by atoms with E-state index >= 15 is 0 Å². The third-order valence-corrected chi connectivity index (χ3v) is 2.62. The zero-order valence-electron chi connectivity index (χ0n) is 13.1. The maximum Gasteiger partial charge on any atom is 0.100 e. The Morgan fingerprint density at radius 3 is 1.64 bits per heavy atom. The Balaban J connectivity index is 0.00000312. The number of aliphatic imine (C=N–C) groups is 2. The Hall–Kier alpha value is -3.50. The molecule has 0 radical (unpaired) electrons. The first kappa shape index (κ1) is 19.5. The largest absolute Gasteiger partial charge is 0.278 e. The molecule has 2 heterocycles. The van der Waals surface area contributed by atoms with Crippen LogP contribution in [0.2, 0.25) is 0 Å². The molecule has 0 atom stereocenters. The van der Waals surface area contributed by atoms with Gasteiger partial charge in [-0.2, -0.15) is 0 Å². The summed E-state index contributed by atoms with van der Waals surface area (Å²) in [5, 5.41) is 0. The lowest BCUT2D eigenvalue weighted by atomic mass is 10.4. The van der Waals surface area contributed by atoms with Crippen LogP contribution < -0.4 is 0 Å². The van der Waals surface area contributed by atoms with Crippen molar-refractivity contribution >= 4 is 12.4 Å². The fourth-order valence-corrected chi connectivity index (χ4v) is 1.57. The Morgan fingerprint density at radius 2 is 1.24 bits per heavy atom. The molecule has 4 nitrogen and oxygen atoms in total. The lowest BCUT2D eigenvalue weighted by Crippen LogP contribution is -1.85. The Labute approximate surface area is 149 Å². The SMILES string of the molecule is C.C(#CCN=Cc1ccccn1)/C=C\C#CCN=Cc1ccccn1. The van der Waals surface area contributed by atoms with Gasteiger partial charge in [0, 0.05) is 24.8 Å². The molecule has 0 spiro atoms. The molecule has 0 bridgehead atoms. The molecule has 0 aromatic carbocycles. The summed E-state index contributed by atoms with van der Waals surface area (Å²) < 4.78 is 0. The Morgan fingerprint density at radius 1 is 0.760 bits per heavy atom. The Bertz CT molecular complexity index is 743. The third kappa shape index (κ3) is 9.28. The van der Waals surface area contributed by atoms with Gasteiger partial charge in [0.15, 0.2) is 0 Å². The van der Waals surface area contributed by atoms with Gasteiger partial charge in [-0.25, -0.2) is 0 Å². The minimum atomic E-state index is 0. The highest BCUT2D eigenvalue weighted by molar-refractivity contribution is 5.77. The molecule has 0 amide bonds. The third-order valence-electron chi connectivity index (χ3n) is 2.62. The summed E-state index contributed by atoms with van der Waals surface area (Å²) in [6.45, 7) is 0.866. The van der Waals surface area contributed by atoms with E-state index in [1.165, 1.54) is 0 Å². The lowest BCUT2D eigenvalue weighted by molar-refractivity contribution is 1.26. The number of rotatable bonds is 4. The van der Waals surface area contributed by atoms with Crippen LogP contribution in [0.3, 0.4) is 0 Å². The normalized spacial score (nSPS) is 10.1. The van der Waals surface area contributed by atoms with Crippen LogP contribution in [0, 0.1) is 23.7 Å². The number of hydrogen-bond donors (Lipinski definition) is 0. The second-order valence-electron chi connectivity index (χ2n) is 4.42. The van der Waals surface area contributed by atoms with Gasteiger partial charge in [-0.1, -0.05) is 43.2 Å². The van der Waals surface area contributed by atoms with E-state index in [4.69, 9.17) is 0 Å². The Kier molecular flexibility index (Phi) is 10.2. The van der Waals surface area contributed by atoms with Crippen LogP contribution in [0.25, 0.3) is 0 Å². The molecule has 0 saturated carbocycles. The summed E-state index contributed by atoms with van der Waals surface area (Å²) in [7, 11) is 0. The van der Waals surface area contributed by atoms with Gasteiger partial charge >= 0.3 is 0 Å². The van der Waals surface area contributed by atoms with Crippen LogP contribution in [-0.2, 0) is 0 Å². The van der Waals surface area contributed by atoms with Crippen molar-refractivity contribution in [2.75, 3.05) is 13.1 Å². The molecule has 4 heteroatoms. The van der Waals surface area contributed by atoms with Crippen LogP contribution in [0.5, 0.6) is 0 Å². The van der Waals surface area contributed by atoms with Crippen molar-refractivity contribution in [2.45, 2.75) is 7.43 Å². The molecule has 0 N–H and O–H groups in total. The highest BCUT2D eigenvalue weighted by atomic mass is 14.7. The van der Waals surface area contributed by atoms with E-state index < -0.39 is 0 Å². The molecule has 124 valence electrons. The molecule has 0 fully saturated rings. The van der Waals surface area contributed by atoms with Crippen molar-refractivity contribution in [3.8, 4) is 23.7 Å². The summed E-state index contributed by atoms with van der Waals surface area (Å²) in [5.74, 6) is 11.6. The predicted octanol–water partition coefficient (Wildman–Crippen LogP) is 3.21. The van der Waals surface area contributed by atoms with Crippen molar-refractivity contribution in [3.05, 3.63) is 72.3 Å². The molecule has 2 aromatic heterocycles. The van der Waals surface area contributed by atoms with E-state index in [0.29, 0.717) is 13.1 Å². The standard InChI is InChI=1S/C20H16N4.CH4/c1(3-7-13-21-17-19-11-5-9-15-23-19)2-4-8-14-22-18-20-12-6-10-16-24-20;/h1-2,5-6,9-12,15-18H,13-14H2;1H4/b2-1-,21-17?,22-18?;. The summed E-state index contributed by atoms with van der Waals surface area (Å²) in [5.41, 5.74) is 1.65.